The minimum atomic E-state index is -3.69. The molecule has 0 fully saturated rings. The number of amides is 1. The lowest BCUT2D eigenvalue weighted by Gasteiger charge is -2.11. The fourth-order valence-electron chi connectivity index (χ4n) is 2.52. The number of rotatable bonds is 8. The summed E-state index contributed by atoms with van der Waals surface area (Å²) in [6.45, 7) is 5.39. The zero-order chi connectivity index (χ0) is 20.7. The molecule has 0 radical (unpaired) electrons. The largest absolute Gasteiger partial charge is 0.452 e. The van der Waals surface area contributed by atoms with Crippen molar-refractivity contribution in [1.82, 2.24) is 10.0 Å². The summed E-state index contributed by atoms with van der Waals surface area (Å²) >= 11 is 0. The van der Waals surface area contributed by atoms with Crippen molar-refractivity contribution in [3.63, 3.8) is 0 Å². The van der Waals surface area contributed by atoms with Gasteiger partial charge in [-0.05, 0) is 42.7 Å². The van der Waals surface area contributed by atoms with E-state index in [0.717, 1.165) is 11.1 Å². The van der Waals surface area contributed by atoms with Crippen LogP contribution in [0.5, 0.6) is 0 Å². The highest BCUT2D eigenvalue weighted by molar-refractivity contribution is 7.89. The van der Waals surface area contributed by atoms with Crippen LogP contribution in [0.3, 0.4) is 0 Å². The highest BCUT2D eigenvalue weighted by atomic mass is 32.2. The van der Waals surface area contributed by atoms with Gasteiger partial charge in [-0.25, -0.2) is 17.9 Å². The third-order valence-corrected chi connectivity index (χ3v) is 5.69. The maximum Gasteiger partial charge on any atom is 0.338 e. The number of hydrogen-bond acceptors (Lipinski definition) is 5. The molecule has 0 saturated carbocycles. The summed E-state index contributed by atoms with van der Waals surface area (Å²) in [6, 6.07) is 11.8. The van der Waals surface area contributed by atoms with E-state index in [1.165, 1.54) is 18.2 Å². The molecule has 7 nitrogen and oxygen atoms in total. The minimum Gasteiger partial charge on any atom is -0.452 e. The van der Waals surface area contributed by atoms with Gasteiger partial charge in [-0.3, -0.25) is 4.79 Å². The second kappa shape index (κ2) is 9.48. The van der Waals surface area contributed by atoms with E-state index in [1.807, 2.05) is 31.2 Å². The molecule has 2 aromatic carbocycles. The Bertz CT molecular complexity index is 970. The fraction of sp³-hybridized carbons (Fsp3) is 0.300. The van der Waals surface area contributed by atoms with E-state index >= 15 is 0 Å². The molecule has 0 aliphatic carbocycles. The molecule has 0 heterocycles. The first-order chi connectivity index (χ1) is 13.2. The predicted octanol–water partition coefficient (Wildman–Crippen LogP) is 2.07. The van der Waals surface area contributed by atoms with Crippen LogP contribution in [-0.4, -0.2) is 33.4 Å². The summed E-state index contributed by atoms with van der Waals surface area (Å²) in [7, 11) is -3.69. The number of carbonyl (C=O) groups excluding carboxylic acids is 2. The average molecular weight is 404 g/mol. The summed E-state index contributed by atoms with van der Waals surface area (Å²) in [5.41, 5.74) is 2.68. The number of aryl methyl sites for hydroxylation is 2. The molecular formula is C20H24N2O5S. The fourth-order valence-corrected chi connectivity index (χ4v) is 3.59. The zero-order valence-electron chi connectivity index (χ0n) is 16.1. The number of esters is 1. The number of benzene rings is 2. The van der Waals surface area contributed by atoms with Crippen LogP contribution in [0, 0.1) is 13.8 Å². The van der Waals surface area contributed by atoms with Crippen LogP contribution in [0.1, 0.15) is 34.0 Å². The summed E-state index contributed by atoms with van der Waals surface area (Å²) < 4.78 is 31.6. The number of nitrogens with one attached hydrogen (secondary N) is 2. The van der Waals surface area contributed by atoms with Gasteiger partial charge in [-0.1, -0.05) is 37.3 Å². The second-order valence-corrected chi connectivity index (χ2v) is 8.02. The van der Waals surface area contributed by atoms with E-state index in [0.29, 0.717) is 12.1 Å². The monoisotopic (exact) mass is 404 g/mol. The maximum absolute atomic E-state index is 12.3. The Morgan fingerprint density at radius 2 is 1.75 bits per heavy atom. The van der Waals surface area contributed by atoms with Crippen molar-refractivity contribution in [1.29, 1.82) is 0 Å². The molecule has 0 aliphatic heterocycles. The van der Waals surface area contributed by atoms with E-state index in [-0.39, 0.29) is 17.0 Å². The Kier molecular flexibility index (Phi) is 7.31. The first-order valence-corrected chi connectivity index (χ1v) is 10.3. The summed E-state index contributed by atoms with van der Waals surface area (Å²) in [5, 5.41) is 2.69. The van der Waals surface area contributed by atoms with Crippen molar-refractivity contribution in [3.8, 4) is 0 Å². The molecule has 150 valence electrons. The predicted molar refractivity (Wildman–Crippen MR) is 105 cm³/mol. The van der Waals surface area contributed by atoms with E-state index in [4.69, 9.17) is 4.74 Å². The number of hydrogen-bond donors (Lipinski definition) is 2. The molecular weight excluding hydrogens is 380 g/mol. The van der Waals surface area contributed by atoms with Gasteiger partial charge >= 0.3 is 5.97 Å². The standard InChI is InChI=1S/C20H24N2O5S/c1-4-22-28(25,26)17-10-9-15(3)18(11-17)20(24)27-13-19(23)21-12-16-8-6-5-7-14(16)2/h5-11,22H,4,12-13H2,1-3H3,(H,21,23). The quantitative estimate of drug-likeness (QED) is 0.656. The van der Waals surface area contributed by atoms with Crippen LogP contribution in [0.4, 0.5) is 0 Å². The third kappa shape index (κ3) is 5.64. The Hall–Kier alpha value is -2.71. The summed E-state index contributed by atoms with van der Waals surface area (Å²) in [4.78, 5) is 24.3. The zero-order valence-corrected chi connectivity index (χ0v) is 16.9. The van der Waals surface area contributed by atoms with Crippen LogP contribution < -0.4 is 10.0 Å². The molecule has 0 saturated heterocycles. The van der Waals surface area contributed by atoms with Crippen LogP contribution in [-0.2, 0) is 26.1 Å². The van der Waals surface area contributed by atoms with Gasteiger partial charge in [-0.15, -0.1) is 0 Å². The third-order valence-electron chi connectivity index (χ3n) is 4.15. The Labute approximate surface area is 165 Å². The van der Waals surface area contributed by atoms with Crippen LogP contribution in [0.15, 0.2) is 47.4 Å². The number of carbonyl (C=O) groups is 2. The molecule has 0 spiro atoms. The van der Waals surface area contributed by atoms with Crippen molar-refractivity contribution >= 4 is 21.9 Å². The highest BCUT2D eigenvalue weighted by Crippen LogP contribution is 2.16. The van der Waals surface area contributed by atoms with E-state index in [2.05, 4.69) is 10.0 Å². The molecule has 0 aliphatic rings. The maximum atomic E-state index is 12.3. The van der Waals surface area contributed by atoms with E-state index in [1.54, 1.807) is 13.8 Å². The lowest BCUT2D eigenvalue weighted by atomic mass is 10.1. The molecule has 8 heteroatoms. The highest BCUT2D eigenvalue weighted by Gasteiger charge is 2.18. The van der Waals surface area contributed by atoms with Crippen molar-refractivity contribution in [2.24, 2.45) is 0 Å². The first-order valence-electron chi connectivity index (χ1n) is 8.83. The Morgan fingerprint density at radius 1 is 1.04 bits per heavy atom. The molecule has 0 atom stereocenters. The molecule has 0 bridgehead atoms. The van der Waals surface area contributed by atoms with Crippen molar-refractivity contribution in [2.75, 3.05) is 13.2 Å². The summed E-state index contributed by atoms with van der Waals surface area (Å²) in [5.74, 6) is -1.19. The molecule has 0 unspecified atom stereocenters. The van der Waals surface area contributed by atoms with Crippen LogP contribution >= 0.6 is 0 Å². The van der Waals surface area contributed by atoms with E-state index < -0.39 is 28.5 Å². The van der Waals surface area contributed by atoms with Gasteiger partial charge < -0.3 is 10.1 Å². The molecule has 2 rings (SSSR count). The Balaban J connectivity index is 1.99. The average Bonchev–Trinajstić information content (AvgIpc) is 2.65. The van der Waals surface area contributed by atoms with Crippen molar-refractivity contribution in [2.45, 2.75) is 32.2 Å². The number of sulfonamides is 1. The van der Waals surface area contributed by atoms with Crippen molar-refractivity contribution in [3.05, 3.63) is 64.7 Å². The van der Waals surface area contributed by atoms with Gasteiger partial charge in [0, 0.05) is 13.1 Å². The molecule has 0 aromatic heterocycles. The first kappa shape index (κ1) is 21.6. The number of ether oxygens (including phenoxy) is 1. The molecule has 2 N–H and O–H groups in total. The van der Waals surface area contributed by atoms with Gasteiger partial charge in [0.2, 0.25) is 10.0 Å². The van der Waals surface area contributed by atoms with Gasteiger partial charge in [0.05, 0.1) is 10.5 Å². The summed E-state index contributed by atoms with van der Waals surface area (Å²) in [6.07, 6.45) is 0. The van der Waals surface area contributed by atoms with Gasteiger partial charge in [-0.2, -0.15) is 0 Å². The van der Waals surface area contributed by atoms with Gasteiger partial charge in [0.1, 0.15) is 0 Å². The van der Waals surface area contributed by atoms with Gasteiger partial charge in [0.15, 0.2) is 6.61 Å². The second-order valence-electron chi connectivity index (χ2n) is 6.26. The minimum absolute atomic E-state index is 0.0316. The lowest BCUT2D eigenvalue weighted by molar-refractivity contribution is -0.124. The normalized spacial score (nSPS) is 11.1. The van der Waals surface area contributed by atoms with Crippen LogP contribution in [0.2, 0.25) is 0 Å². The molecule has 1 amide bonds. The lowest BCUT2D eigenvalue weighted by Crippen LogP contribution is -2.29. The SMILES string of the molecule is CCNS(=O)(=O)c1ccc(C)c(C(=O)OCC(=O)NCc2ccccc2C)c1. The van der Waals surface area contributed by atoms with Crippen molar-refractivity contribution < 1.29 is 22.7 Å². The Morgan fingerprint density at radius 3 is 2.43 bits per heavy atom. The molecule has 28 heavy (non-hydrogen) atoms. The van der Waals surface area contributed by atoms with E-state index in [9.17, 15) is 18.0 Å². The molecule has 2 aromatic rings. The van der Waals surface area contributed by atoms with Crippen LogP contribution in [0.25, 0.3) is 0 Å². The smallest absolute Gasteiger partial charge is 0.338 e. The topological polar surface area (TPSA) is 102 Å². The van der Waals surface area contributed by atoms with Gasteiger partial charge in [0.25, 0.3) is 5.91 Å².